The van der Waals surface area contributed by atoms with E-state index in [1.807, 2.05) is 35.1 Å². The van der Waals surface area contributed by atoms with Crippen LogP contribution >= 0.6 is 34.5 Å². The molecule has 8 heteroatoms. The minimum absolute atomic E-state index is 0.276. The number of fused-ring (bicyclic) bond motifs is 1. The van der Waals surface area contributed by atoms with Crippen LogP contribution in [0.5, 0.6) is 0 Å². The van der Waals surface area contributed by atoms with Crippen LogP contribution in [0, 0.1) is 12.7 Å². The molecule has 0 spiro atoms. The van der Waals surface area contributed by atoms with Gasteiger partial charge in [-0.1, -0.05) is 23.2 Å². The quantitative estimate of drug-likeness (QED) is 0.428. The summed E-state index contributed by atoms with van der Waals surface area (Å²) in [4.78, 5) is 9.52. The number of rotatable bonds is 5. The van der Waals surface area contributed by atoms with Crippen molar-refractivity contribution in [3.05, 3.63) is 63.6 Å². The van der Waals surface area contributed by atoms with Crippen molar-refractivity contribution in [3.8, 4) is 10.6 Å². The van der Waals surface area contributed by atoms with Gasteiger partial charge in [0.05, 0.1) is 26.1 Å². The lowest BCUT2D eigenvalue weighted by Crippen LogP contribution is -2.12. The van der Waals surface area contributed by atoms with Crippen molar-refractivity contribution >= 4 is 51.3 Å². The van der Waals surface area contributed by atoms with Crippen LogP contribution in [-0.2, 0) is 6.54 Å². The summed E-state index contributed by atoms with van der Waals surface area (Å²) >= 11 is 13.7. The molecule has 0 unspecified atom stereocenters. The lowest BCUT2D eigenvalue weighted by atomic mass is 10.2. The molecule has 4 nitrogen and oxygen atoms in total. The molecule has 0 bridgehead atoms. The Kier molecular flexibility index (Phi) is 5.04. The van der Waals surface area contributed by atoms with E-state index in [0.717, 1.165) is 21.7 Å². The molecule has 3 aromatic heterocycles. The van der Waals surface area contributed by atoms with Crippen molar-refractivity contribution in [1.82, 2.24) is 14.5 Å². The average Bonchev–Trinajstić information content (AvgIpc) is 3.23. The zero-order chi connectivity index (χ0) is 19.0. The van der Waals surface area contributed by atoms with Gasteiger partial charge in [0.1, 0.15) is 18.0 Å². The lowest BCUT2D eigenvalue weighted by molar-refractivity contribution is 0.621. The van der Waals surface area contributed by atoms with Crippen molar-refractivity contribution in [2.75, 3.05) is 11.9 Å². The third kappa shape index (κ3) is 3.65. The molecule has 0 saturated heterocycles. The van der Waals surface area contributed by atoms with E-state index in [2.05, 4.69) is 15.3 Å². The summed E-state index contributed by atoms with van der Waals surface area (Å²) in [5, 5.41) is 7.11. The molecule has 0 amide bonds. The molecule has 1 N–H and O–H groups in total. The van der Waals surface area contributed by atoms with Gasteiger partial charge >= 0.3 is 0 Å². The largest absolute Gasteiger partial charge is 0.368 e. The number of thiophene rings is 1. The number of nitrogens with one attached hydrogen (secondary N) is 1. The molecule has 0 saturated carbocycles. The monoisotopic (exact) mass is 420 g/mol. The van der Waals surface area contributed by atoms with Gasteiger partial charge in [0.25, 0.3) is 0 Å². The lowest BCUT2D eigenvalue weighted by Gasteiger charge is -2.11. The molecule has 0 aliphatic rings. The Hall–Kier alpha value is -2.15. The first-order valence-corrected chi connectivity index (χ1v) is 9.90. The number of aryl methyl sites for hydroxylation is 1. The number of anilines is 1. The highest BCUT2D eigenvalue weighted by atomic mass is 35.5. The maximum Gasteiger partial charge on any atom is 0.147 e. The highest BCUT2D eigenvalue weighted by molar-refractivity contribution is 7.14. The van der Waals surface area contributed by atoms with Gasteiger partial charge in [-0.05, 0) is 31.2 Å². The SMILES string of the molecule is Cc1cc2c(Cl)ccc(F)c2n1CCNc1cc(-c2cc(Cl)cs2)ncn1. The standard InChI is InChI=1S/C19H15Cl2FN4S/c1-11-6-13-14(21)2-3-15(22)19(13)26(11)5-4-23-18-8-16(24-10-25-18)17-7-12(20)9-27-17/h2-3,6-10H,4-5H2,1H3,(H,23,24,25). The molecule has 4 rings (SSSR count). The molecule has 0 radical (unpaired) electrons. The summed E-state index contributed by atoms with van der Waals surface area (Å²) in [6.07, 6.45) is 1.51. The molecule has 0 aliphatic carbocycles. The summed E-state index contributed by atoms with van der Waals surface area (Å²) in [7, 11) is 0. The van der Waals surface area contributed by atoms with E-state index >= 15 is 0 Å². The molecule has 0 fully saturated rings. The first kappa shape index (κ1) is 18.2. The Bertz CT molecular complexity index is 1120. The molecule has 138 valence electrons. The summed E-state index contributed by atoms with van der Waals surface area (Å²) in [5.41, 5.74) is 2.29. The third-order valence-electron chi connectivity index (χ3n) is 4.29. The van der Waals surface area contributed by atoms with E-state index < -0.39 is 0 Å². The second-order valence-corrected chi connectivity index (χ2v) is 7.83. The minimum atomic E-state index is -0.276. The maximum atomic E-state index is 14.3. The van der Waals surface area contributed by atoms with Crippen molar-refractivity contribution < 1.29 is 4.39 Å². The first-order valence-electron chi connectivity index (χ1n) is 8.27. The molecular formula is C19H15Cl2FN4S. The third-order valence-corrected chi connectivity index (χ3v) is 5.92. The average molecular weight is 421 g/mol. The van der Waals surface area contributed by atoms with E-state index in [1.165, 1.54) is 23.7 Å². The van der Waals surface area contributed by atoms with Gasteiger partial charge in [0.2, 0.25) is 0 Å². The van der Waals surface area contributed by atoms with E-state index in [4.69, 9.17) is 23.2 Å². The van der Waals surface area contributed by atoms with Crippen molar-refractivity contribution in [1.29, 1.82) is 0 Å². The van der Waals surface area contributed by atoms with Gasteiger partial charge in [-0.2, -0.15) is 0 Å². The molecule has 27 heavy (non-hydrogen) atoms. The van der Waals surface area contributed by atoms with Crippen LogP contribution in [-0.4, -0.2) is 21.1 Å². The Morgan fingerprint density at radius 1 is 1.19 bits per heavy atom. The number of hydrogen-bond acceptors (Lipinski definition) is 4. The molecule has 0 atom stereocenters. The van der Waals surface area contributed by atoms with Gasteiger partial charge in [0.15, 0.2) is 0 Å². The fraction of sp³-hybridized carbons (Fsp3) is 0.158. The highest BCUT2D eigenvalue weighted by Crippen LogP contribution is 2.30. The van der Waals surface area contributed by atoms with Gasteiger partial charge in [-0.25, -0.2) is 14.4 Å². The normalized spacial score (nSPS) is 11.3. The van der Waals surface area contributed by atoms with Gasteiger partial charge < -0.3 is 9.88 Å². The number of benzene rings is 1. The maximum absolute atomic E-state index is 14.3. The molecule has 1 aromatic carbocycles. The fourth-order valence-electron chi connectivity index (χ4n) is 3.05. The second kappa shape index (κ2) is 7.46. The predicted molar refractivity (Wildman–Crippen MR) is 110 cm³/mol. The zero-order valence-electron chi connectivity index (χ0n) is 14.3. The van der Waals surface area contributed by atoms with Crippen molar-refractivity contribution in [3.63, 3.8) is 0 Å². The highest BCUT2D eigenvalue weighted by Gasteiger charge is 2.13. The smallest absolute Gasteiger partial charge is 0.147 e. The summed E-state index contributed by atoms with van der Waals surface area (Å²) in [6.45, 7) is 3.11. The molecule has 0 aliphatic heterocycles. The van der Waals surface area contributed by atoms with E-state index in [9.17, 15) is 4.39 Å². The number of nitrogens with zero attached hydrogens (tertiary/aromatic N) is 3. The van der Waals surface area contributed by atoms with Crippen LogP contribution in [0.25, 0.3) is 21.5 Å². The number of hydrogen-bond donors (Lipinski definition) is 1. The zero-order valence-corrected chi connectivity index (χ0v) is 16.7. The molecule has 3 heterocycles. The van der Waals surface area contributed by atoms with Crippen LogP contribution in [0.1, 0.15) is 5.69 Å². The summed E-state index contributed by atoms with van der Waals surface area (Å²) in [6, 6.07) is 8.64. The Morgan fingerprint density at radius 2 is 2.04 bits per heavy atom. The Labute approximate surface area is 169 Å². The number of aromatic nitrogens is 3. The Morgan fingerprint density at radius 3 is 2.81 bits per heavy atom. The predicted octanol–water partition coefficient (Wildman–Crippen LogP) is 6.03. The Balaban J connectivity index is 1.52. The van der Waals surface area contributed by atoms with Crippen LogP contribution in [0.3, 0.4) is 0 Å². The van der Waals surface area contributed by atoms with Crippen LogP contribution in [0.2, 0.25) is 10.0 Å². The van der Waals surface area contributed by atoms with Crippen LogP contribution in [0.4, 0.5) is 10.2 Å². The second-order valence-electron chi connectivity index (χ2n) is 6.07. The number of halogens is 3. The fourth-order valence-corrected chi connectivity index (χ4v) is 4.30. The molecule has 4 aromatic rings. The van der Waals surface area contributed by atoms with E-state index in [0.29, 0.717) is 34.5 Å². The molecular weight excluding hydrogens is 406 g/mol. The van der Waals surface area contributed by atoms with E-state index in [-0.39, 0.29) is 5.82 Å². The van der Waals surface area contributed by atoms with Gasteiger partial charge in [-0.15, -0.1) is 11.3 Å². The van der Waals surface area contributed by atoms with Gasteiger partial charge in [0, 0.05) is 35.6 Å². The first-order chi connectivity index (χ1) is 13.0. The van der Waals surface area contributed by atoms with Gasteiger partial charge in [-0.3, -0.25) is 0 Å². The minimum Gasteiger partial charge on any atom is -0.368 e. The van der Waals surface area contributed by atoms with E-state index in [1.54, 1.807) is 6.07 Å². The van der Waals surface area contributed by atoms with Crippen LogP contribution in [0.15, 0.2) is 42.0 Å². The van der Waals surface area contributed by atoms with Crippen LogP contribution < -0.4 is 5.32 Å². The van der Waals surface area contributed by atoms with Crippen molar-refractivity contribution in [2.24, 2.45) is 0 Å². The topological polar surface area (TPSA) is 42.7 Å². The van der Waals surface area contributed by atoms with Crippen molar-refractivity contribution in [2.45, 2.75) is 13.5 Å². The summed E-state index contributed by atoms with van der Waals surface area (Å²) < 4.78 is 16.2. The summed E-state index contributed by atoms with van der Waals surface area (Å²) in [5.74, 6) is 0.429.